The van der Waals surface area contributed by atoms with Crippen LogP contribution in [0.3, 0.4) is 0 Å². The lowest BCUT2D eigenvalue weighted by molar-refractivity contribution is -0.110. The van der Waals surface area contributed by atoms with Crippen molar-refractivity contribution < 1.29 is 9.18 Å². The Labute approximate surface area is 166 Å². The Morgan fingerprint density at radius 3 is 2.71 bits per heavy atom. The first kappa shape index (κ1) is 17.2. The molecule has 0 atom stereocenters. The molecule has 6 nitrogen and oxygen atoms in total. The van der Waals surface area contributed by atoms with Crippen LogP contribution in [0.4, 0.5) is 15.8 Å². The summed E-state index contributed by atoms with van der Waals surface area (Å²) >= 11 is 7.27. The number of halogens is 2. The third kappa shape index (κ3) is 2.64. The van der Waals surface area contributed by atoms with Gasteiger partial charge in [0.15, 0.2) is 4.80 Å². The van der Waals surface area contributed by atoms with Crippen molar-refractivity contribution in [2.75, 3.05) is 16.9 Å². The van der Waals surface area contributed by atoms with Crippen LogP contribution in [0.15, 0.2) is 52.3 Å². The Morgan fingerprint density at radius 1 is 1.14 bits per heavy atom. The Balaban J connectivity index is 1.65. The third-order valence-electron chi connectivity index (χ3n) is 4.70. The average molecular weight is 415 g/mol. The summed E-state index contributed by atoms with van der Waals surface area (Å²) in [4.78, 5) is 32.5. The number of carbonyl (C=O) groups is 1. The molecular formula is C19H12ClFN4O2S. The molecule has 0 aliphatic carbocycles. The van der Waals surface area contributed by atoms with Gasteiger partial charge in [-0.25, -0.2) is 9.38 Å². The summed E-state index contributed by atoms with van der Waals surface area (Å²) in [5, 5.41) is 3.26. The average Bonchev–Trinajstić information content (AvgIpc) is 3.17. The Bertz CT molecular complexity index is 1310. The first-order valence-electron chi connectivity index (χ1n) is 8.41. The van der Waals surface area contributed by atoms with Crippen LogP contribution in [0.25, 0.3) is 5.57 Å². The summed E-state index contributed by atoms with van der Waals surface area (Å²) in [5.41, 5.74) is 2.04. The van der Waals surface area contributed by atoms with Crippen molar-refractivity contribution in [1.82, 2.24) is 4.57 Å². The van der Waals surface area contributed by atoms with Crippen LogP contribution in [-0.4, -0.2) is 17.1 Å². The smallest absolute Gasteiger partial charge is 0.272 e. The fraction of sp³-hybridized carbons (Fsp3) is 0.105. The van der Waals surface area contributed by atoms with E-state index in [1.165, 1.54) is 28.0 Å². The maximum atomic E-state index is 13.2. The minimum Gasteiger partial charge on any atom is -0.334 e. The minimum atomic E-state index is -0.330. The second-order valence-electron chi connectivity index (χ2n) is 6.42. The highest BCUT2D eigenvalue weighted by Gasteiger charge is 2.28. The number of thiazole rings is 1. The van der Waals surface area contributed by atoms with Crippen LogP contribution in [0, 0.1) is 5.82 Å². The molecule has 0 spiro atoms. The number of nitrogens with one attached hydrogen (secondary N) is 1. The largest absolute Gasteiger partial charge is 0.334 e. The van der Waals surface area contributed by atoms with Crippen molar-refractivity contribution in [3.05, 3.63) is 78.6 Å². The van der Waals surface area contributed by atoms with Gasteiger partial charge in [0.05, 0.1) is 5.57 Å². The molecule has 2 aliphatic rings. The van der Waals surface area contributed by atoms with E-state index in [9.17, 15) is 14.0 Å². The maximum absolute atomic E-state index is 13.2. The lowest BCUT2D eigenvalue weighted by Gasteiger charge is -2.25. The van der Waals surface area contributed by atoms with Gasteiger partial charge in [0.1, 0.15) is 23.7 Å². The molecule has 0 fully saturated rings. The zero-order chi connectivity index (χ0) is 19.4. The number of hydrogen-bond acceptors (Lipinski definition) is 5. The first-order valence-corrected chi connectivity index (χ1v) is 9.61. The maximum Gasteiger partial charge on any atom is 0.272 e. The number of amides is 1. The molecule has 5 rings (SSSR count). The predicted octanol–water partition coefficient (Wildman–Crippen LogP) is 1.91. The van der Waals surface area contributed by atoms with E-state index in [4.69, 9.17) is 11.6 Å². The zero-order valence-electron chi connectivity index (χ0n) is 14.3. The number of anilines is 2. The van der Waals surface area contributed by atoms with E-state index in [2.05, 4.69) is 10.3 Å². The number of benzene rings is 2. The van der Waals surface area contributed by atoms with Crippen molar-refractivity contribution in [2.24, 2.45) is 4.99 Å². The molecular weight excluding hydrogens is 403 g/mol. The van der Waals surface area contributed by atoms with Gasteiger partial charge in [-0.15, -0.1) is 0 Å². The summed E-state index contributed by atoms with van der Waals surface area (Å²) in [7, 11) is 0. The molecule has 3 aromatic rings. The summed E-state index contributed by atoms with van der Waals surface area (Å²) in [6.07, 6.45) is 0. The monoisotopic (exact) mass is 414 g/mol. The highest BCUT2D eigenvalue weighted by Crippen LogP contribution is 2.32. The summed E-state index contributed by atoms with van der Waals surface area (Å²) in [6.45, 7) is 0.617. The first-order chi connectivity index (χ1) is 13.5. The van der Waals surface area contributed by atoms with E-state index >= 15 is 0 Å². The predicted molar refractivity (Wildman–Crippen MR) is 106 cm³/mol. The molecule has 0 unspecified atom stereocenters. The molecule has 3 heterocycles. The molecule has 140 valence electrons. The normalized spacial score (nSPS) is 17.1. The molecule has 0 saturated carbocycles. The van der Waals surface area contributed by atoms with Crippen molar-refractivity contribution >= 4 is 45.8 Å². The lowest BCUT2D eigenvalue weighted by Crippen LogP contribution is -2.43. The Hall–Kier alpha value is -2.97. The van der Waals surface area contributed by atoms with E-state index in [1.54, 1.807) is 30.3 Å². The van der Waals surface area contributed by atoms with Crippen LogP contribution in [0.1, 0.15) is 5.56 Å². The molecule has 1 amide bonds. The number of rotatable bonds is 1. The number of hydrogen-bond donors (Lipinski definition) is 1. The van der Waals surface area contributed by atoms with Gasteiger partial charge >= 0.3 is 0 Å². The van der Waals surface area contributed by atoms with E-state index < -0.39 is 0 Å². The van der Waals surface area contributed by atoms with Crippen molar-refractivity contribution in [2.45, 2.75) is 6.67 Å². The summed E-state index contributed by atoms with van der Waals surface area (Å²) in [5.74, 6) is -0.654. The highest BCUT2D eigenvalue weighted by molar-refractivity contribution is 7.07. The topological polar surface area (TPSA) is 66.7 Å². The van der Waals surface area contributed by atoms with Crippen LogP contribution >= 0.6 is 22.9 Å². The van der Waals surface area contributed by atoms with Crippen LogP contribution in [0.2, 0.25) is 5.02 Å². The van der Waals surface area contributed by atoms with Gasteiger partial charge in [-0.2, -0.15) is 0 Å². The van der Waals surface area contributed by atoms with E-state index in [0.29, 0.717) is 37.8 Å². The molecule has 9 heteroatoms. The standard InChI is InChI=1S/C19H12ClFN4O2S/c20-10-1-6-14-13(7-10)15(17(26)23-14)16-18(27)25-9-24(8-22-19(25)28-16)12-4-2-11(21)3-5-12/h1-7H,8-9H2,(H,23,26)/b16-15-. The summed E-state index contributed by atoms with van der Waals surface area (Å²) in [6, 6.07) is 11.1. The fourth-order valence-corrected chi connectivity index (χ4v) is 4.57. The fourth-order valence-electron chi connectivity index (χ4n) is 3.34. The number of carbonyl (C=O) groups excluding carboxylic acids is 1. The second-order valence-corrected chi connectivity index (χ2v) is 7.84. The van der Waals surface area contributed by atoms with Gasteiger partial charge < -0.3 is 10.2 Å². The quantitative estimate of drug-likeness (QED) is 0.661. The number of aromatic nitrogens is 1. The van der Waals surface area contributed by atoms with Gasteiger partial charge in [0.25, 0.3) is 11.5 Å². The highest BCUT2D eigenvalue weighted by atomic mass is 35.5. The van der Waals surface area contributed by atoms with Crippen molar-refractivity contribution in [1.29, 1.82) is 0 Å². The summed E-state index contributed by atoms with van der Waals surface area (Å²) < 4.78 is 15.0. The van der Waals surface area contributed by atoms with E-state index in [0.717, 1.165) is 5.69 Å². The molecule has 0 saturated heterocycles. The van der Waals surface area contributed by atoms with Gasteiger partial charge in [-0.3, -0.25) is 14.2 Å². The Morgan fingerprint density at radius 2 is 1.93 bits per heavy atom. The molecule has 0 bridgehead atoms. The molecule has 28 heavy (non-hydrogen) atoms. The van der Waals surface area contributed by atoms with Crippen LogP contribution < -0.4 is 25.1 Å². The molecule has 1 aromatic heterocycles. The van der Waals surface area contributed by atoms with Gasteiger partial charge in [0, 0.05) is 22.0 Å². The minimum absolute atomic E-state index is 0.275. The molecule has 2 aliphatic heterocycles. The number of fused-ring (bicyclic) bond motifs is 2. The lowest BCUT2D eigenvalue weighted by atomic mass is 10.1. The van der Waals surface area contributed by atoms with Crippen molar-refractivity contribution in [3.63, 3.8) is 0 Å². The number of nitrogens with zero attached hydrogens (tertiary/aromatic N) is 3. The molecule has 1 N–H and O–H groups in total. The van der Waals surface area contributed by atoms with Crippen molar-refractivity contribution in [3.8, 4) is 0 Å². The molecule has 2 aromatic carbocycles. The van der Waals surface area contributed by atoms with Gasteiger partial charge in [0.2, 0.25) is 0 Å². The molecule has 0 radical (unpaired) electrons. The Kier molecular flexibility index (Phi) is 3.85. The SMILES string of the molecule is O=C1Nc2ccc(Cl)cc2/C1=c1/sc2n(c1=O)CN(c1ccc(F)cc1)CN=2. The van der Waals surface area contributed by atoms with Crippen LogP contribution in [0.5, 0.6) is 0 Å². The van der Waals surface area contributed by atoms with E-state index in [1.807, 2.05) is 4.90 Å². The van der Waals surface area contributed by atoms with Gasteiger partial charge in [-0.1, -0.05) is 22.9 Å². The second kappa shape index (κ2) is 6.29. The van der Waals surface area contributed by atoms with Gasteiger partial charge in [-0.05, 0) is 42.5 Å². The van der Waals surface area contributed by atoms with E-state index in [-0.39, 0.29) is 24.0 Å². The third-order valence-corrected chi connectivity index (χ3v) is 6.05. The zero-order valence-corrected chi connectivity index (χ0v) is 15.9. The van der Waals surface area contributed by atoms with Crippen LogP contribution in [-0.2, 0) is 11.5 Å².